The third-order valence-electron chi connectivity index (χ3n) is 4.25. The third-order valence-corrected chi connectivity index (χ3v) is 4.73. The number of aromatic carboxylic acids is 1. The minimum Gasteiger partial charge on any atom is -0.478 e. The molecule has 0 saturated carbocycles. The molecule has 29 heavy (non-hydrogen) atoms. The Balaban J connectivity index is 1.82. The van der Waals surface area contributed by atoms with Crippen molar-refractivity contribution in [3.8, 4) is 0 Å². The van der Waals surface area contributed by atoms with Gasteiger partial charge in [-0.1, -0.05) is 35.9 Å². The normalized spacial score (nSPS) is 16.3. The van der Waals surface area contributed by atoms with E-state index in [-0.39, 0.29) is 5.56 Å². The van der Waals surface area contributed by atoms with Crippen LogP contribution in [-0.2, 0) is 4.79 Å². The Kier molecular flexibility index (Phi) is 6.26. The predicted molar refractivity (Wildman–Crippen MR) is 115 cm³/mol. The number of thiocarbonyl (C=S) groups is 1. The summed E-state index contributed by atoms with van der Waals surface area (Å²) >= 11 is 11.1. The average Bonchev–Trinajstić information content (AvgIpc) is 2.69. The lowest BCUT2D eigenvalue weighted by atomic mass is 9.94. The van der Waals surface area contributed by atoms with Crippen molar-refractivity contribution in [2.75, 3.05) is 0 Å². The maximum atomic E-state index is 12.8. The van der Waals surface area contributed by atoms with Crippen LogP contribution in [0.1, 0.15) is 34.5 Å². The van der Waals surface area contributed by atoms with Crippen LogP contribution < -0.4 is 16.1 Å². The van der Waals surface area contributed by atoms with Crippen LogP contribution in [0.25, 0.3) is 0 Å². The van der Waals surface area contributed by atoms with Crippen molar-refractivity contribution >= 4 is 47.0 Å². The lowest BCUT2D eigenvalue weighted by Crippen LogP contribution is -2.46. The summed E-state index contributed by atoms with van der Waals surface area (Å²) in [5.41, 5.74) is 5.13. The van der Waals surface area contributed by atoms with Gasteiger partial charge >= 0.3 is 5.97 Å². The summed E-state index contributed by atoms with van der Waals surface area (Å²) in [7, 11) is 0. The number of allylic oxidation sites excluding steroid dienone is 1. The number of amides is 1. The Labute approximate surface area is 177 Å². The van der Waals surface area contributed by atoms with Crippen molar-refractivity contribution in [2.24, 2.45) is 5.10 Å². The molecule has 0 aliphatic carbocycles. The first-order chi connectivity index (χ1) is 13.8. The molecule has 0 radical (unpaired) electrons. The minimum absolute atomic E-state index is 0.157. The molecular formula is C20H17ClN4O3S. The molecule has 0 fully saturated rings. The highest BCUT2D eigenvalue weighted by Crippen LogP contribution is 2.27. The predicted octanol–water partition coefficient (Wildman–Crippen LogP) is 2.98. The van der Waals surface area contributed by atoms with E-state index in [0.717, 1.165) is 5.56 Å². The van der Waals surface area contributed by atoms with Crippen molar-refractivity contribution in [1.82, 2.24) is 16.1 Å². The molecular weight excluding hydrogens is 412 g/mol. The first kappa shape index (κ1) is 20.5. The number of benzene rings is 2. The van der Waals surface area contributed by atoms with Gasteiger partial charge in [-0.3, -0.25) is 4.79 Å². The molecule has 0 bridgehead atoms. The fourth-order valence-corrected chi connectivity index (χ4v) is 3.23. The van der Waals surface area contributed by atoms with Crippen LogP contribution in [0.3, 0.4) is 0 Å². The Morgan fingerprint density at radius 2 is 1.83 bits per heavy atom. The van der Waals surface area contributed by atoms with E-state index in [0.29, 0.717) is 27.0 Å². The number of rotatable bonds is 5. The molecule has 0 aromatic heterocycles. The van der Waals surface area contributed by atoms with Gasteiger partial charge in [0.15, 0.2) is 5.11 Å². The molecule has 9 heteroatoms. The summed E-state index contributed by atoms with van der Waals surface area (Å²) in [5.74, 6) is -1.44. The zero-order chi connectivity index (χ0) is 21.0. The smallest absolute Gasteiger partial charge is 0.335 e. The molecule has 148 valence electrons. The van der Waals surface area contributed by atoms with Crippen LogP contribution in [0.15, 0.2) is 64.9 Å². The van der Waals surface area contributed by atoms with Gasteiger partial charge in [0.25, 0.3) is 5.91 Å². The van der Waals surface area contributed by atoms with Crippen molar-refractivity contribution in [3.63, 3.8) is 0 Å². The molecule has 0 spiro atoms. The number of carboxylic acid groups (broad SMARTS) is 1. The minimum atomic E-state index is -1.02. The average molecular weight is 429 g/mol. The largest absolute Gasteiger partial charge is 0.478 e. The van der Waals surface area contributed by atoms with E-state index >= 15 is 0 Å². The summed E-state index contributed by atoms with van der Waals surface area (Å²) in [6.45, 7) is 1.74. The lowest BCUT2D eigenvalue weighted by molar-refractivity contribution is -0.117. The maximum absolute atomic E-state index is 12.8. The third kappa shape index (κ3) is 4.98. The number of hydrogen-bond donors (Lipinski definition) is 4. The fraction of sp³-hybridized carbons (Fsp3) is 0.100. The molecule has 1 aliphatic heterocycles. The molecule has 2 aromatic rings. The first-order valence-corrected chi connectivity index (χ1v) is 9.34. The van der Waals surface area contributed by atoms with Crippen LogP contribution >= 0.6 is 23.8 Å². The van der Waals surface area contributed by atoms with E-state index in [1.54, 1.807) is 43.3 Å². The van der Waals surface area contributed by atoms with Crippen LogP contribution in [-0.4, -0.2) is 28.3 Å². The SMILES string of the molecule is CC1=C(C(=O)NN=Cc2ccc(Cl)cc2)C(c2ccc(C(=O)O)cc2)NC(=S)N1. The second kappa shape index (κ2) is 8.85. The molecule has 2 aromatic carbocycles. The maximum Gasteiger partial charge on any atom is 0.335 e. The highest BCUT2D eigenvalue weighted by atomic mass is 35.5. The van der Waals surface area contributed by atoms with Crippen LogP contribution in [0.5, 0.6) is 0 Å². The van der Waals surface area contributed by atoms with Crippen LogP contribution in [0, 0.1) is 0 Å². The number of hydrogen-bond acceptors (Lipinski definition) is 4. The Morgan fingerprint density at radius 1 is 1.17 bits per heavy atom. The molecule has 1 amide bonds. The molecule has 1 atom stereocenters. The lowest BCUT2D eigenvalue weighted by Gasteiger charge is -2.30. The molecule has 1 heterocycles. The summed E-state index contributed by atoms with van der Waals surface area (Å²) in [4.78, 5) is 23.9. The number of nitrogens with one attached hydrogen (secondary N) is 3. The van der Waals surface area contributed by atoms with E-state index in [9.17, 15) is 9.59 Å². The molecule has 1 aliphatic rings. The van der Waals surface area contributed by atoms with E-state index in [1.165, 1.54) is 18.3 Å². The van der Waals surface area contributed by atoms with E-state index in [1.807, 2.05) is 0 Å². The number of nitrogens with zero attached hydrogens (tertiary/aromatic N) is 1. The van der Waals surface area contributed by atoms with Gasteiger partial charge in [0.2, 0.25) is 0 Å². The van der Waals surface area contributed by atoms with Gasteiger partial charge in [-0.15, -0.1) is 0 Å². The Bertz CT molecular complexity index is 1020. The van der Waals surface area contributed by atoms with E-state index in [4.69, 9.17) is 28.9 Å². The summed E-state index contributed by atoms with van der Waals surface area (Å²) in [5, 5.41) is 20.0. The fourth-order valence-electron chi connectivity index (χ4n) is 2.84. The number of carbonyl (C=O) groups excluding carboxylic acids is 1. The van der Waals surface area contributed by atoms with Crippen molar-refractivity contribution in [3.05, 3.63) is 81.5 Å². The van der Waals surface area contributed by atoms with Crippen molar-refractivity contribution in [1.29, 1.82) is 0 Å². The molecule has 3 rings (SSSR count). The zero-order valence-electron chi connectivity index (χ0n) is 15.3. The monoisotopic (exact) mass is 428 g/mol. The van der Waals surface area contributed by atoms with Gasteiger partial charge in [0, 0.05) is 10.7 Å². The van der Waals surface area contributed by atoms with Gasteiger partial charge in [0.05, 0.1) is 23.4 Å². The second-order valence-corrected chi connectivity index (χ2v) is 7.09. The van der Waals surface area contributed by atoms with E-state index in [2.05, 4.69) is 21.2 Å². The first-order valence-electron chi connectivity index (χ1n) is 8.55. The number of carboxylic acids is 1. The van der Waals surface area contributed by atoms with Gasteiger partial charge < -0.3 is 15.7 Å². The van der Waals surface area contributed by atoms with Crippen molar-refractivity contribution < 1.29 is 14.7 Å². The van der Waals surface area contributed by atoms with E-state index < -0.39 is 17.9 Å². The van der Waals surface area contributed by atoms with Gasteiger partial charge in [-0.2, -0.15) is 5.10 Å². The summed E-state index contributed by atoms with van der Waals surface area (Å²) in [6.07, 6.45) is 1.51. The van der Waals surface area contributed by atoms with Gasteiger partial charge in [-0.25, -0.2) is 10.2 Å². The van der Waals surface area contributed by atoms with Crippen LogP contribution in [0.2, 0.25) is 5.02 Å². The number of hydrazone groups is 1. The highest BCUT2D eigenvalue weighted by Gasteiger charge is 2.29. The van der Waals surface area contributed by atoms with Crippen molar-refractivity contribution in [2.45, 2.75) is 13.0 Å². The molecule has 4 N–H and O–H groups in total. The van der Waals surface area contributed by atoms with Gasteiger partial charge in [-0.05, 0) is 54.5 Å². The second-order valence-electron chi connectivity index (χ2n) is 6.25. The topological polar surface area (TPSA) is 103 Å². The zero-order valence-corrected chi connectivity index (χ0v) is 16.8. The molecule has 0 saturated heterocycles. The van der Waals surface area contributed by atoms with Gasteiger partial charge in [0.1, 0.15) is 0 Å². The van der Waals surface area contributed by atoms with Crippen LogP contribution in [0.4, 0.5) is 0 Å². The number of halogens is 1. The Hall–Kier alpha value is -3.23. The quantitative estimate of drug-likeness (QED) is 0.331. The summed E-state index contributed by atoms with van der Waals surface area (Å²) in [6, 6.07) is 12.7. The summed E-state index contributed by atoms with van der Waals surface area (Å²) < 4.78 is 0. The highest BCUT2D eigenvalue weighted by molar-refractivity contribution is 7.80. The molecule has 1 unspecified atom stereocenters. The Morgan fingerprint density at radius 3 is 2.45 bits per heavy atom. The number of carbonyl (C=O) groups is 2. The molecule has 7 nitrogen and oxygen atoms in total. The standard InChI is InChI=1S/C20H17ClN4O3S/c1-11-16(18(26)25-22-10-12-2-8-15(21)9-3-12)17(24-20(29)23-11)13-4-6-14(7-5-13)19(27)28/h2-10,17H,1H3,(H,25,26)(H,27,28)(H2,23,24,29).